The van der Waals surface area contributed by atoms with E-state index in [1.54, 1.807) is 7.11 Å². The quantitative estimate of drug-likeness (QED) is 0.655. The Labute approximate surface area is 161 Å². The second kappa shape index (κ2) is 7.91. The maximum atomic E-state index is 6.21. The summed E-state index contributed by atoms with van der Waals surface area (Å²) < 4.78 is 7.36. The average Bonchev–Trinajstić information content (AvgIpc) is 2.96. The third kappa shape index (κ3) is 3.46. The van der Waals surface area contributed by atoms with Crippen LogP contribution in [0.25, 0.3) is 22.2 Å². The van der Waals surface area contributed by atoms with Crippen molar-refractivity contribution in [2.24, 2.45) is 7.05 Å². The maximum absolute atomic E-state index is 6.21. The predicted octanol–water partition coefficient (Wildman–Crippen LogP) is 4.77. The molecular weight excluding hydrogens is 336 g/mol. The molecule has 1 heterocycles. The molecule has 0 aliphatic heterocycles. The molecule has 3 aromatic rings. The number of ether oxygens (including phenoxy) is 1. The number of nitrogens with zero attached hydrogens (tertiary/aromatic N) is 3. The van der Waals surface area contributed by atoms with Gasteiger partial charge in [0, 0.05) is 25.7 Å². The van der Waals surface area contributed by atoms with Gasteiger partial charge in [-0.05, 0) is 55.2 Å². The molecular formula is C22H30N4O. The summed E-state index contributed by atoms with van der Waals surface area (Å²) in [4.78, 5) is 7.16. The van der Waals surface area contributed by atoms with E-state index in [4.69, 9.17) is 15.5 Å². The molecule has 0 spiro atoms. The van der Waals surface area contributed by atoms with Gasteiger partial charge >= 0.3 is 0 Å². The van der Waals surface area contributed by atoms with Gasteiger partial charge in [-0.1, -0.05) is 19.9 Å². The van der Waals surface area contributed by atoms with Gasteiger partial charge in [-0.2, -0.15) is 0 Å². The highest BCUT2D eigenvalue weighted by molar-refractivity contribution is 6.01. The molecule has 0 unspecified atom stereocenters. The Kier molecular flexibility index (Phi) is 5.59. The van der Waals surface area contributed by atoms with E-state index in [1.165, 1.54) is 5.69 Å². The number of benzene rings is 2. The average molecular weight is 367 g/mol. The van der Waals surface area contributed by atoms with Crippen molar-refractivity contribution in [1.29, 1.82) is 0 Å². The molecule has 0 aliphatic carbocycles. The van der Waals surface area contributed by atoms with Crippen molar-refractivity contribution in [3.8, 4) is 16.9 Å². The van der Waals surface area contributed by atoms with E-state index in [2.05, 4.69) is 49.9 Å². The molecule has 2 aromatic carbocycles. The number of hydrogen-bond donors (Lipinski definition) is 1. The first-order valence-corrected chi connectivity index (χ1v) is 9.66. The van der Waals surface area contributed by atoms with Crippen molar-refractivity contribution in [2.75, 3.05) is 30.8 Å². The van der Waals surface area contributed by atoms with Crippen LogP contribution in [0.15, 0.2) is 30.3 Å². The number of rotatable bonds is 7. The predicted molar refractivity (Wildman–Crippen MR) is 115 cm³/mol. The van der Waals surface area contributed by atoms with Crippen LogP contribution in [0.3, 0.4) is 0 Å². The molecule has 0 aliphatic rings. The van der Waals surface area contributed by atoms with E-state index in [1.807, 2.05) is 17.7 Å². The lowest BCUT2D eigenvalue weighted by Gasteiger charge is -2.25. The molecule has 3 rings (SSSR count). The number of methoxy groups -OCH3 is 1. The van der Waals surface area contributed by atoms with Gasteiger partial charge in [-0.15, -0.1) is 0 Å². The van der Waals surface area contributed by atoms with Gasteiger partial charge in [0.05, 0.1) is 18.3 Å². The van der Waals surface area contributed by atoms with E-state index >= 15 is 0 Å². The van der Waals surface area contributed by atoms with Gasteiger partial charge in [-0.3, -0.25) is 0 Å². The zero-order valence-electron chi connectivity index (χ0n) is 17.0. The van der Waals surface area contributed by atoms with E-state index < -0.39 is 0 Å². The number of imidazole rings is 1. The van der Waals surface area contributed by atoms with Crippen molar-refractivity contribution >= 4 is 22.7 Å². The number of aryl methyl sites for hydroxylation is 2. The van der Waals surface area contributed by atoms with Gasteiger partial charge in [-0.25, -0.2) is 4.98 Å². The lowest BCUT2D eigenvalue weighted by Crippen LogP contribution is -2.25. The van der Waals surface area contributed by atoms with Crippen LogP contribution in [0.4, 0.5) is 11.6 Å². The number of anilines is 2. The van der Waals surface area contributed by atoms with Gasteiger partial charge in [0.2, 0.25) is 5.95 Å². The minimum atomic E-state index is 0.540. The molecule has 5 nitrogen and oxygen atoms in total. The van der Waals surface area contributed by atoms with E-state index in [-0.39, 0.29) is 0 Å². The third-order valence-corrected chi connectivity index (χ3v) is 5.09. The van der Waals surface area contributed by atoms with E-state index in [9.17, 15) is 0 Å². The molecule has 0 amide bonds. The lowest BCUT2D eigenvalue weighted by atomic mass is 9.98. The fraction of sp³-hybridized carbons (Fsp3) is 0.409. The van der Waals surface area contributed by atoms with Crippen LogP contribution in [0, 0.1) is 6.92 Å². The molecule has 0 atom stereocenters. The zero-order valence-corrected chi connectivity index (χ0v) is 17.0. The highest BCUT2D eigenvalue weighted by atomic mass is 16.5. The fourth-order valence-corrected chi connectivity index (χ4v) is 3.75. The molecule has 0 bridgehead atoms. The monoisotopic (exact) mass is 366 g/mol. The lowest BCUT2D eigenvalue weighted by molar-refractivity contribution is 0.414. The largest absolute Gasteiger partial charge is 0.497 e. The number of fused-ring (bicyclic) bond motifs is 1. The number of hydrogen-bond acceptors (Lipinski definition) is 4. The number of aromatic nitrogens is 2. The summed E-state index contributed by atoms with van der Waals surface area (Å²) in [7, 11) is 3.69. The topological polar surface area (TPSA) is 56.3 Å². The molecule has 1 aromatic heterocycles. The highest BCUT2D eigenvalue weighted by Gasteiger charge is 2.19. The van der Waals surface area contributed by atoms with Crippen LogP contribution in [-0.2, 0) is 7.05 Å². The molecule has 0 fully saturated rings. The first-order valence-electron chi connectivity index (χ1n) is 9.66. The maximum Gasteiger partial charge on any atom is 0.201 e. The molecule has 2 N–H and O–H groups in total. The summed E-state index contributed by atoms with van der Waals surface area (Å²) in [5, 5.41) is 0. The summed E-state index contributed by atoms with van der Waals surface area (Å²) in [5.74, 6) is 1.40. The molecule has 0 radical (unpaired) electrons. The zero-order chi connectivity index (χ0) is 19.6. The van der Waals surface area contributed by atoms with Crippen LogP contribution >= 0.6 is 0 Å². The number of nitrogens with two attached hydrogens (primary N) is 1. The number of nitrogen functional groups attached to an aromatic ring is 1. The van der Waals surface area contributed by atoms with Gasteiger partial charge in [0.1, 0.15) is 11.3 Å². The second-order valence-corrected chi connectivity index (χ2v) is 7.03. The first kappa shape index (κ1) is 19.1. The van der Waals surface area contributed by atoms with Gasteiger partial charge in [0.15, 0.2) is 0 Å². The Morgan fingerprint density at radius 3 is 2.33 bits per heavy atom. The van der Waals surface area contributed by atoms with Crippen LogP contribution in [0.1, 0.15) is 32.3 Å². The molecule has 0 saturated carbocycles. The van der Waals surface area contributed by atoms with Gasteiger partial charge < -0.3 is 19.9 Å². The Morgan fingerprint density at radius 2 is 1.74 bits per heavy atom. The van der Waals surface area contributed by atoms with Crippen LogP contribution < -0.4 is 15.4 Å². The van der Waals surface area contributed by atoms with Crippen molar-refractivity contribution in [1.82, 2.24) is 9.55 Å². The smallest absolute Gasteiger partial charge is 0.201 e. The van der Waals surface area contributed by atoms with Gasteiger partial charge in [0.25, 0.3) is 0 Å². The first-order chi connectivity index (χ1) is 13.0. The third-order valence-electron chi connectivity index (χ3n) is 5.09. The Morgan fingerprint density at radius 1 is 1.07 bits per heavy atom. The van der Waals surface area contributed by atoms with E-state index in [0.717, 1.165) is 59.4 Å². The SMILES string of the molecule is CCCN(CCC)c1ccc(-c2ccc(OC)cc2C)c2nc(N)n(C)c12. The summed E-state index contributed by atoms with van der Waals surface area (Å²) in [5.41, 5.74) is 12.9. The fourth-order valence-electron chi connectivity index (χ4n) is 3.75. The summed E-state index contributed by atoms with van der Waals surface area (Å²) in [6.07, 6.45) is 2.21. The van der Waals surface area contributed by atoms with Crippen LogP contribution in [0.5, 0.6) is 5.75 Å². The van der Waals surface area contributed by atoms with Crippen molar-refractivity contribution in [3.05, 3.63) is 35.9 Å². The van der Waals surface area contributed by atoms with Crippen molar-refractivity contribution in [3.63, 3.8) is 0 Å². The normalized spacial score (nSPS) is 11.1. The van der Waals surface area contributed by atoms with Crippen molar-refractivity contribution in [2.45, 2.75) is 33.6 Å². The molecule has 27 heavy (non-hydrogen) atoms. The van der Waals surface area contributed by atoms with Crippen LogP contribution in [-0.4, -0.2) is 29.8 Å². The minimum absolute atomic E-state index is 0.540. The van der Waals surface area contributed by atoms with Crippen molar-refractivity contribution < 1.29 is 4.74 Å². The Bertz CT molecular complexity index is 939. The molecule has 5 heteroatoms. The summed E-state index contributed by atoms with van der Waals surface area (Å²) in [6.45, 7) is 8.58. The Hall–Kier alpha value is -2.69. The standard InChI is InChI=1S/C22H30N4O/c1-6-12-26(13-7-2)19-11-10-18(20-21(19)25(4)22(23)24-20)17-9-8-16(27-5)14-15(17)3/h8-11,14H,6-7,12-13H2,1-5H3,(H2,23,24). The summed E-state index contributed by atoms with van der Waals surface area (Å²) >= 11 is 0. The highest BCUT2D eigenvalue weighted by Crippen LogP contribution is 2.37. The molecule has 144 valence electrons. The van der Waals surface area contributed by atoms with E-state index in [0.29, 0.717) is 5.95 Å². The molecule has 0 saturated heterocycles. The summed E-state index contributed by atoms with van der Waals surface area (Å²) in [6, 6.07) is 10.5. The Balaban J connectivity index is 2.23. The second-order valence-electron chi connectivity index (χ2n) is 7.03. The van der Waals surface area contributed by atoms with Crippen LogP contribution in [0.2, 0.25) is 0 Å². The minimum Gasteiger partial charge on any atom is -0.497 e.